The largest absolute Gasteiger partial charge is 0.462 e. The fourth-order valence-electron chi connectivity index (χ4n) is 2.49. The van der Waals surface area contributed by atoms with Crippen molar-refractivity contribution in [3.05, 3.63) is 23.8 Å². The number of imidazole rings is 1. The number of hydrogen-bond acceptors (Lipinski definition) is 5. The van der Waals surface area contributed by atoms with Crippen molar-refractivity contribution in [3.63, 3.8) is 0 Å². The average Bonchev–Trinajstić information content (AvgIpc) is 3.31. The summed E-state index contributed by atoms with van der Waals surface area (Å²) in [5, 5.41) is 3.77. The normalized spacial score (nSPS) is 13.9. The third-order valence-corrected chi connectivity index (χ3v) is 4.79. The van der Waals surface area contributed by atoms with E-state index >= 15 is 0 Å². The van der Waals surface area contributed by atoms with Gasteiger partial charge in [0.1, 0.15) is 0 Å². The molecule has 1 aliphatic carbocycles. The van der Waals surface area contributed by atoms with E-state index in [4.69, 9.17) is 4.74 Å². The van der Waals surface area contributed by atoms with Crippen LogP contribution in [0.2, 0.25) is 0 Å². The van der Waals surface area contributed by atoms with Crippen LogP contribution in [-0.4, -0.2) is 39.8 Å². The number of rotatable bonds is 7. The van der Waals surface area contributed by atoms with Gasteiger partial charge >= 0.3 is 5.97 Å². The molecule has 1 aromatic heterocycles. The zero-order chi connectivity index (χ0) is 17.1. The topological polar surface area (TPSA) is 73.2 Å². The van der Waals surface area contributed by atoms with Crippen molar-refractivity contribution in [3.8, 4) is 0 Å². The lowest BCUT2D eigenvalue weighted by atomic mass is 10.2. The highest BCUT2D eigenvalue weighted by Crippen LogP contribution is 2.26. The van der Waals surface area contributed by atoms with Gasteiger partial charge in [0.25, 0.3) is 0 Å². The number of carbonyl (C=O) groups excluding carboxylic acids is 2. The molecule has 0 aliphatic heterocycles. The van der Waals surface area contributed by atoms with Crippen molar-refractivity contribution in [2.24, 2.45) is 0 Å². The molecule has 1 aromatic carbocycles. The molecule has 2 aromatic rings. The molecule has 1 aliphatic rings. The number of nitrogens with one attached hydrogen (secondary N) is 1. The number of esters is 1. The molecular formula is C17H21N3O3S. The lowest BCUT2D eigenvalue weighted by Gasteiger charge is -2.06. The van der Waals surface area contributed by atoms with Crippen LogP contribution in [0, 0.1) is 0 Å². The third-order valence-electron chi connectivity index (χ3n) is 3.82. The molecular weight excluding hydrogens is 326 g/mol. The van der Waals surface area contributed by atoms with E-state index in [-0.39, 0.29) is 11.9 Å². The first-order valence-corrected chi connectivity index (χ1v) is 9.20. The zero-order valence-electron chi connectivity index (χ0n) is 13.9. The third kappa shape index (κ3) is 3.72. The molecule has 0 atom stereocenters. The standard InChI is InChI=1S/C17H21N3O3S/c1-3-20-14-8-5-11(16(22)23-4-2)9-13(14)19-17(20)24-10-15(21)18-12-6-7-12/h5,8-9,12H,3-4,6-7,10H2,1-2H3,(H,18,21). The monoisotopic (exact) mass is 347 g/mol. The average molecular weight is 347 g/mol. The fraction of sp³-hybridized carbons (Fsp3) is 0.471. The number of aryl methyl sites for hydroxylation is 1. The Morgan fingerprint density at radius 3 is 2.83 bits per heavy atom. The van der Waals surface area contributed by atoms with Crippen LogP contribution < -0.4 is 5.32 Å². The van der Waals surface area contributed by atoms with E-state index in [1.54, 1.807) is 19.1 Å². The van der Waals surface area contributed by atoms with Gasteiger partial charge in [-0.15, -0.1) is 0 Å². The van der Waals surface area contributed by atoms with Crippen molar-refractivity contribution in [2.75, 3.05) is 12.4 Å². The number of benzene rings is 1. The number of thioether (sulfide) groups is 1. The lowest BCUT2D eigenvalue weighted by Crippen LogP contribution is -2.27. The Hall–Kier alpha value is -2.02. The molecule has 1 amide bonds. The van der Waals surface area contributed by atoms with Gasteiger partial charge in [0.05, 0.1) is 29.0 Å². The van der Waals surface area contributed by atoms with Crippen LogP contribution in [0.5, 0.6) is 0 Å². The summed E-state index contributed by atoms with van der Waals surface area (Å²) in [6.07, 6.45) is 2.17. The summed E-state index contributed by atoms with van der Waals surface area (Å²) >= 11 is 1.42. The van der Waals surface area contributed by atoms with Gasteiger partial charge in [0.2, 0.25) is 5.91 Å². The molecule has 1 heterocycles. The molecule has 6 nitrogen and oxygen atoms in total. The van der Waals surface area contributed by atoms with Gasteiger partial charge < -0.3 is 14.6 Å². The van der Waals surface area contributed by atoms with Crippen LogP contribution in [0.15, 0.2) is 23.4 Å². The summed E-state index contributed by atoms with van der Waals surface area (Å²) < 4.78 is 7.09. The summed E-state index contributed by atoms with van der Waals surface area (Å²) in [6, 6.07) is 5.75. The highest BCUT2D eigenvalue weighted by Gasteiger charge is 2.23. The number of hydrogen-bond donors (Lipinski definition) is 1. The molecule has 0 spiro atoms. The predicted molar refractivity (Wildman–Crippen MR) is 93.3 cm³/mol. The quantitative estimate of drug-likeness (QED) is 0.616. The van der Waals surface area contributed by atoms with Crippen molar-refractivity contribution in [1.82, 2.24) is 14.9 Å². The van der Waals surface area contributed by atoms with Crippen LogP contribution >= 0.6 is 11.8 Å². The van der Waals surface area contributed by atoms with Gasteiger partial charge in [-0.2, -0.15) is 0 Å². The van der Waals surface area contributed by atoms with Crippen LogP contribution in [0.1, 0.15) is 37.0 Å². The first-order valence-electron chi connectivity index (χ1n) is 8.22. The second kappa shape index (κ2) is 7.25. The second-order valence-corrected chi connectivity index (χ2v) is 6.64. The number of aromatic nitrogens is 2. The molecule has 0 unspecified atom stereocenters. The number of fused-ring (bicyclic) bond motifs is 1. The fourth-order valence-corrected chi connectivity index (χ4v) is 3.38. The van der Waals surface area contributed by atoms with Crippen molar-refractivity contribution >= 4 is 34.7 Å². The molecule has 7 heteroatoms. The van der Waals surface area contributed by atoms with E-state index in [1.807, 2.05) is 13.0 Å². The first kappa shape index (κ1) is 16.8. The van der Waals surface area contributed by atoms with Crippen LogP contribution in [0.3, 0.4) is 0 Å². The number of nitrogens with zero attached hydrogens (tertiary/aromatic N) is 2. The molecule has 128 valence electrons. The summed E-state index contributed by atoms with van der Waals surface area (Å²) in [6.45, 7) is 4.91. The maximum absolute atomic E-state index is 11.9. The maximum atomic E-state index is 11.9. The van der Waals surface area contributed by atoms with E-state index < -0.39 is 0 Å². The van der Waals surface area contributed by atoms with Crippen molar-refractivity contribution in [1.29, 1.82) is 0 Å². The molecule has 0 bridgehead atoms. The highest BCUT2D eigenvalue weighted by molar-refractivity contribution is 7.99. The SMILES string of the molecule is CCOC(=O)c1ccc2c(c1)nc(SCC(=O)NC1CC1)n2CC. The Morgan fingerprint density at radius 1 is 1.38 bits per heavy atom. The molecule has 0 radical (unpaired) electrons. The lowest BCUT2D eigenvalue weighted by molar-refractivity contribution is -0.118. The van der Waals surface area contributed by atoms with Gasteiger partial charge in [-0.25, -0.2) is 9.78 Å². The van der Waals surface area contributed by atoms with Gasteiger partial charge in [-0.1, -0.05) is 11.8 Å². The summed E-state index contributed by atoms with van der Waals surface area (Å²) in [4.78, 5) is 28.3. The highest BCUT2D eigenvalue weighted by atomic mass is 32.2. The molecule has 0 saturated heterocycles. The molecule has 24 heavy (non-hydrogen) atoms. The Balaban J connectivity index is 1.79. The minimum Gasteiger partial charge on any atom is -0.462 e. The molecule has 1 N–H and O–H groups in total. The van der Waals surface area contributed by atoms with Crippen molar-refractivity contribution in [2.45, 2.75) is 44.4 Å². The number of ether oxygens (including phenoxy) is 1. The van der Waals surface area contributed by atoms with E-state index in [2.05, 4.69) is 14.9 Å². The molecule has 1 saturated carbocycles. The van der Waals surface area contributed by atoms with Crippen LogP contribution in [0.4, 0.5) is 0 Å². The Bertz CT molecular complexity index is 768. The van der Waals surface area contributed by atoms with E-state index in [0.717, 1.165) is 35.6 Å². The van der Waals surface area contributed by atoms with Crippen molar-refractivity contribution < 1.29 is 14.3 Å². The Morgan fingerprint density at radius 2 is 2.17 bits per heavy atom. The van der Waals surface area contributed by atoms with E-state index in [9.17, 15) is 9.59 Å². The van der Waals surface area contributed by atoms with Gasteiger partial charge in [-0.05, 0) is 44.9 Å². The van der Waals surface area contributed by atoms with E-state index in [1.165, 1.54) is 11.8 Å². The van der Waals surface area contributed by atoms with Gasteiger partial charge in [0, 0.05) is 12.6 Å². The van der Waals surface area contributed by atoms with Gasteiger partial charge in [-0.3, -0.25) is 4.79 Å². The summed E-state index contributed by atoms with van der Waals surface area (Å²) in [5.74, 6) is 0.0535. The molecule has 1 fully saturated rings. The second-order valence-electron chi connectivity index (χ2n) is 5.69. The van der Waals surface area contributed by atoms with E-state index in [0.29, 0.717) is 24.0 Å². The predicted octanol–water partition coefficient (Wildman–Crippen LogP) is 2.60. The smallest absolute Gasteiger partial charge is 0.338 e. The summed E-state index contributed by atoms with van der Waals surface area (Å²) in [5.41, 5.74) is 2.19. The number of amides is 1. The minimum atomic E-state index is -0.344. The maximum Gasteiger partial charge on any atom is 0.338 e. The van der Waals surface area contributed by atoms with Gasteiger partial charge in [0.15, 0.2) is 5.16 Å². The Kier molecular flexibility index (Phi) is 5.08. The number of carbonyl (C=O) groups is 2. The first-order chi connectivity index (χ1) is 11.6. The minimum absolute atomic E-state index is 0.0458. The Labute approximate surface area is 145 Å². The summed E-state index contributed by atoms with van der Waals surface area (Å²) in [7, 11) is 0. The van der Waals surface area contributed by atoms with Crippen LogP contribution in [-0.2, 0) is 16.1 Å². The molecule has 3 rings (SSSR count). The zero-order valence-corrected chi connectivity index (χ0v) is 14.7. The van der Waals surface area contributed by atoms with Crippen LogP contribution in [0.25, 0.3) is 11.0 Å².